The van der Waals surface area contributed by atoms with Gasteiger partial charge in [-0.2, -0.15) is 0 Å². The molecule has 0 bridgehead atoms. The van der Waals surface area contributed by atoms with Crippen molar-refractivity contribution in [1.82, 2.24) is 0 Å². The van der Waals surface area contributed by atoms with Crippen LogP contribution in [0.1, 0.15) is 31.4 Å². The molecule has 0 heterocycles. The van der Waals surface area contributed by atoms with Crippen LogP contribution in [0.25, 0.3) is 0 Å². The summed E-state index contributed by atoms with van der Waals surface area (Å²) in [6, 6.07) is 9.85. The lowest BCUT2D eigenvalue weighted by molar-refractivity contribution is -0.0602. The van der Waals surface area contributed by atoms with Crippen LogP contribution in [0.15, 0.2) is 30.3 Å². The SMILES string of the molecule is CC1CC(CN)(C(O)c2ccccc2)C1. The van der Waals surface area contributed by atoms with Gasteiger partial charge in [-0.3, -0.25) is 0 Å². The van der Waals surface area contributed by atoms with E-state index >= 15 is 0 Å². The lowest BCUT2D eigenvalue weighted by atomic mass is 9.58. The van der Waals surface area contributed by atoms with Crippen molar-refractivity contribution in [1.29, 1.82) is 0 Å². The first kappa shape index (κ1) is 10.7. The molecule has 1 aromatic carbocycles. The molecule has 3 N–H and O–H groups in total. The maximum atomic E-state index is 10.3. The highest BCUT2D eigenvalue weighted by molar-refractivity contribution is 5.21. The number of aliphatic hydroxyl groups excluding tert-OH is 1. The number of hydrogen-bond donors (Lipinski definition) is 2. The third kappa shape index (κ3) is 1.80. The quantitative estimate of drug-likeness (QED) is 0.793. The normalized spacial score (nSPS) is 32.1. The van der Waals surface area contributed by atoms with Gasteiger partial charge in [0.05, 0.1) is 6.10 Å². The van der Waals surface area contributed by atoms with Gasteiger partial charge in [-0.25, -0.2) is 0 Å². The van der Waals surface area contributed by atoms with Gasteiger partial charge >= 0.3 is 0 Å². The molecule has 0 spiro atoms. The van der Waals surface area contributed by atoms with Crippen LogP contribution in [0.3, 0.4) is 0 Å². The highest BCUT2D eigenvalue weighted by Gasteiger charge is 2.46. The van der Waals surface area contributed by atoms with Crippen LogP contribution in [0.2, 0.25) is 0 Å². The van der Waals surface area contributed by atoms with E-state index in [2.05, 4.69) is 6.92 Å². The molecule has 0 radical (unpaired) electrons. The summed E-state index contributed by atoms with van der Waals surface area (Å²) in [7, 11) is 0. The van der Waals surface area contributed by atoms with Crippen LogP contribution in [-0.2, 0) is 0 Å². The summed E-state index contributed by atoms with van der Waals surface area (Å²) in [5.74, 6) is 0.701. The molecule has 2 nitrogen and oxygen atoms in total. The van der Waals surface area contributed by atoms with Crippen LogP contribution < -0.4 is 5.73 Å². The topological polar surface area (TPSA) is 46.2 Å². The van der Waals surface area contributed by atoms with E-state index in [1.165, 1.54) is 0 Å². The zero-order chi connectivity index (χ0) is 10.9. The van der Waals surface area contributed by atoms with E-state index < -0.39 is 6.10 Å². The van der Waals surface area contributed by atoms with E-state index in [1.54, 1.807) is 0 Å². The average molecular weight is 205 g/mol. The summed E-state index contributed by atoms with van der Waals surface area (Å²) in [5, 5.41) is 10.3. The van der Waals surface area contributed by atoms with Crippen molar-refractivity contribution in [3.63, 3.8) is 0 Å². The Bertz CT molecular complexity index is 317. The fraction of sp³-hybridized carbons (Fsp3) is 0.538. The van der Waals surface area contributed by atoms with Crippen molar-refractivity contribution in [2.24, 2.45) is 17.1 Å². The van der Waals surface area contributed by atoms with E-state index in [4.69, 9.17) is 5.73 Å². The summed E-state index contributed by atoms with van der Waals surface area (Å²) >= 11 is 0. The average Bonchev–Trinajstić information content (AvgIpc) is 2.25. The van der Waals surface area contributed by atoms with Crippen molar-refractivity contribution in [2.45, 2.75) is 25.9 Å². The van der Waals surface area contributed by atoms with Gasteiger partial charge in [0, 0.05) is 12.0 Å². The van der Waals surface area contributed by atoms with Crippen molar-refractivity contribution in [3.8, 4) is 0 Å². The molecule has 15 heavy (non-hydrogen) atoms. The van der Waals surface area contributed by atoms with Crippen molar-refractivity contribution in [2.75, 3.05) is 6.54 Å². The minimum absolute atomic E-state index is 0.0687. The Kier molecular flexibility index (Phi) is 2.81. The van der Waals surface area contributed by atoms with Crippen molar-refractivity contribution >= 4 is 0 Å². The van der Waals surface area contributed by atoms with Crippen LogP contribution in [-0.4, -0.2) is 11.7 Å². The van der Waals surface area contributed by atoms with E-state index in [-0.39, 0.29) is 5.41 Å². The zero-order valence-electron chi connectivity index (χ0n) is 9.19. The molecule has 2 heteroatoms. The van der Waals surface area contributed by atoms with Crippen LogP contribution in [0.5, 0.6) is 0 Å². The lowest BCUT2D eigenvalue weighted by Crippen LogP contribution is -2.46. The molecule has 1 aromatic rings. The Labute approximate surface area is 91.1 Å². The lowest BCUT2D eigenvalue weighted by Gasteiger charge is -2.49. The van der Waals surface area contributed by atoms with E-state index in [9.17, 15) is 5.11 Å². The number of benzene rings is 1. The molecular formula is C13H19NO. The third-order valence-corrected chi connectivity index (χ3v) is 3.61. The number of aliphatic hydroxyl groups is 1. The molecule has 0 amide bonds. The van der Waals surface area contributed by atoms with Crippen LogP contribution >= 0.6 is 0 Å². The van der Waals surface area contributed by atoms with Crippen LogP contribution in [0.4, 0.5) is 0 Å². The van der Waals surface area contributed by atoms with Gasteiger partial charge < -0.3 is 10.8 Å². The van der Waals surface area contributed by atoms with Gasteiger partial charge in [-0.1, -0.05) is 37.3 Å². The molecule has 82 valence electrons. The summed E-state index contributed by atoms with van der Waals surface area (Å²) < 4.78 is 0. The Balaban J connectivity index is 2.17. The summed E-state index contributed by atoms with van der Waals surface area (Å²) in [6.45, 7) is 2.79. The smallest absolute Gasteiger partial charge is 0.0858 e. The third-order valence-electron chi connectivity index (χ3n) is 3.61. The molecule has 1 aliphatic carbocycles. The van der Waals surface area contributed by atoms with Gasteiger partial charge in [0.25, 0.3) is 0 Å². The maximum Gasteiger partial charge on any atom is 0.0858 e. The zero-order valence-corrected chi connectivity index (χ0v) is 9.19. The van der Waals surface area contributed by atoms with E-state index in [1.807, 2.05) is 30.3 Å². The molecule has 0 saturated heterocycles. The van der Waals surface area contributed by atoms with E-state index in [0.717, 1.165) is 18.4 Å². The van der Waals surface area contributed by atoms with Gasteiger partial charge in [0.1, 0.15) is 0 Å². The molecule has 1 atom stereocenters. The Hall–Kier alpha value is -0.860. The fourth-order valence-corrected chi connectivity index (χ4v) is 2.82. The molecule has 0 aliphatic heterocycles. The predicted octanol–water partition coefficient (Wildman–Crippen LogP) is 2.10. The van der Waals surface area contributed by atoms with Gasteiger partial charge in [0.2, 0.25) is 0 Å². The molecule has 1 aliphatic rings. The molecular weight excluding hydrogens is 186 g/mol. The monoisotopic (exact) mass is 205 g/mol. The van der Waals surface area contributed by atoms with Gasteiger partial charge in [-0.15, -0.1) is 0 Å². The van der Waals surface area contributed by atoms with Crippen molar-refractivity contribution in [3.05, 3.63) is 35.9 Å². The number of hydrogen-bond acceptors (Lipinski definition) is 2. The second-order valence-corrected chi connectivity index (χ2v) is 4.89. The highest BCUT2D eigenvalue weighted by atomic mass is 16.3. The summed E-state index contributed by atoms with van der Waals surface area (Å²) in [6.07, 6.45) is 1.68. The van der Waals surface area contributed by atoms with Crippen molar-refractivity contribution < 1.29 is 5.11 Å². The first-order chi connectivity index (χ1) is 7.18. The second kappa shape index (κ2) is 3.95. The first-order valence-corrected chi connectivity index (χ1v) is 5.61. The Morgan fingerprint density at radius 1 is 1.40 bits per heavy atom. The predicted molar refractivity (Wildman–Crippen MR) is 61.3 cm³/mol. The van der Waals surface area contributed by atoms with E-state index in [0.29, 0.717) is 12.5 Å². The molecule has 2 rings (SSSR count). The molecule has 1 saturated carbocycles. The number of nitrogens with two attached hydrogens (primary N) is 1. The first-order valence-electron chi connectivity index (χ1n) is 5.61. The number of rotatable bonds is 3. The Morgan fingerprint density at radius 2 is 2.00 bits per heavy atom. The highest BCUT2D eigenvalue weighted by Crippen LogP contribution is 2.52. The van der Waals surface area contributed by atoms with Crippen LogP contribution in [0, 0.1) is 11.3 Å². The minimum atomic E-state index is -0.403. The largest absolute Gasteiger partial charge is 0.388 e. The maximum absolute atomic E-state index is 10.3. The molecule has 1 unspecified atom stereocenters. The molecule has 0 aromatic heterocycles. The van der Waals surface area contributed by atoms with Gasteiger partial charge in [-0.05, 0) is 24.3 Å². The fourth-order valence-electron chi connectivity index (χ4n) is 2.82. The summed E-state index contributed by atoms with van der Waals surface area (Å²) in [5.41, 5.74) is 6.74. The van der Waals surface area contributed by atoms with Gasteiger partial charge in [0.15, 0.2) is 0 Å². The molecule has 1 fully saturated rings. The summed E-state index contributed by atoms with van der Waals surface area (Å²) in [4.78, 5) is 0. The standard InChI is InChI=1S/C13H19NO/c1-10-7-13(8-10,9-14)12(15)11-5-3-2-4-6-11/h2-6,10,12,15H,7-9,14H2,1H3. The Morgan fingerprint density at radius 3 is 2.47 bits per heavy atom. The minimum Gasteiger partial charge on any atom is -0.388 e. The second-order valence-electron chi connectivity index (χ2n) is 4.89.